The Morgan fingerprint density at radius 2 is 1.56 bits per heavy atom. The van der Waals surface area contributed by atoms with Crippen LogP contribution in [0.25, 0.3) is 0 Å². The first-order chi connectivity index (χ1) is 12.9. The van der Waals surface area contributed by atoms with Crippen LogP contribution >= 0.6 is 0 Å². The van der Waals surface area contributed by atoms with Crippen molar-refractivity contribution in [3.8, 4) is 5.75 Å². The maximum Gasteiger partial charge on any atom is 0.338 e. The molecule has 0 saturated heterocycles. The summed E-state index contributed by atoms with van der Waals surface area (Å²) in [5.41, 5.74) is 3.07. The summed E-state index contributed by atoms with van der Waals surface area (Å²) in [5, 5.41) is 0. The average Bonchev–Trinajstić information content (AvgIpc) is 2.67. The van der Waals surface area contributed by atoms with Crippen LogP contribution in [0.15, 0.2) is 48.5 Å². The lowest BCUT2D eigenvalue weighted by molar-refractivity contribution is 0.0211. The molecule has 0 atom stereocenters. The molecule has 2 aromatic carbocycles. The summed E-state index contributed by atoms with van der Waals surface area (Å²) in [6, 6.07) is 15.8. The lowest BCUT2D eigenvalue weighted by Gasteiger charge is -2.21. The summed E-state index contributed by atoms with van der Waals surface area (Å²) in [7, 11) is 0. The Morgan fingerprint density at radius 1 is 0.926 bits per heavy atom. The van der Waals surface area contributed by atoms with E-state index >= 15 is 0 Å². The molecule has 0 radical (unpaired) electrons. The predicted molar refractivity (Wildman–Crippen MR) is 108 cm³/mol. The van der Waals surface area contributed by atoms with Gasteiger partial charge in [-0.25, -0.2) is 4.79 Å². The molecule has 0 amide bonds. The molecular weight excluding hydrogens is 336 g/mol. The number of hydrogen-bond donors (Lipinski definition) is 0. The number of hydrogen-bond acceptors (Lipinski definition) is 3. The van der Waals surface area contributed by atoms with Gasteiger partial charge in [0.15, 0.2) is 0 Å². The van der Waals surface area contributed by atoms with Crippen LogP contribution in [0.3, 0.4) is 0 Å². The van der Waals surface area contributed by atoms with Crippen molar-refractivity contribution >= 4 is 5.97 Å². The molecule has 27 heavy (non-hydrogen) atoms. The fraction of sp³-hybridized carbons (Fsp3) is 0.458. The second-order valence-electron chi connectivity index (χ2n) is 8.43. The van der Waals surface area contributed by atoms with Crippen molar-refractivity contribution in [3.63, 3.8) is 0 Å². The second-order valence-corrected chi connectivity index (χ2v) is 8.43. The zero-order valence-corrected chi connectivity index (χ0v) is 16.7. The van der Waals surface area contributed by atoms with Gasteiger partial charge >= 0.3 is 5.97 Å². The van der Waals surface area contributed by atoms with E-state index in [0.29, 0.717) is 12.2 Å². The van der Waals surface area contributed by atoms with Gasteiger partial charge in [0, 0.05) is 0 Å². The van der Waals surface area contributed by atoms with Gasteiger partial charge in [-0.15, -0.1) is 0 Å². The highest BCUT2D eigenvalue weighted by Gasteiger charge is 2.18. The molecule has 1 saturated carbocycles. The molecule has 0 aromatic heterocycles. The topological polar surface area (TPSA) is 35.5 Å². The molecule has 0 unspecified atom stereocenters. The quantitative estimate of drug-likeness (QED) is 0.604. The van der Waals surface area contributed by atoms with Crippen LogP contribution in [0.2, 0.25) is 0 Å². The first kappa shape index (κ1) is 19.5. The number of ether oxygens (including phenoxy) is 2. The molecule has 3 rings (SSSR count). The van der Waals surface area contributed by atoms with Gasteiger partial charge in [0.1, 0.15) is 18.5 Å². The van der Waals surface area contributed by atoms with Crippen molar-refractivity contribution < 1.29 is 14.3 Å². The molecule has 0 heterocycles. The van der Waals surface area contributed by atoms with Crippen LogP contribution in [-0.4, -0.2) is 12.1 Å². The molecule has 0 N–H and O–H groups in total. The molecule has 1 aliphatic rings. The zero-order chi connectivity index (χ0) is 19.3. The van der Waals surface area contributed by atoms with E-state index in [0.717, 1.165) is 37.0 Å². The molecule has 0 spiro atoms. The van der Waals surface area contributed by atoms with Gasteiger partial charge in [-0.2, -0.15) is 0 Å². The largest absolute Gasteiger partial charge is 0.489 e. The first-order valence-electron chi connectivity index (χ1n) is 9.95. The van der Waals surface area contributed by atoms with Crippen LogP contribution in [0, 0.1) is 0 Å². The van der Waals surface area contributed by atoms with E-state index in [1.165, 1.54) is 12.0 Å². The van der Waals surface area contributed by atoms with Gasteiger partial charge in [-0.05, 0) is 66.5 Å². The Labute approximate surface area is 162 Å². The SMILES string of the molecule is CC(C)(C)c1ccc(OCc2ccc(C(=O)OC3CCCCC3)cc2)cc1. The molecular formula is C24H30O3. The minimum absolute atomic E-state index is 0.0883. The summed E-state index contributed by atoms with van der Waals surface area (Å²) in [5.74, 6) is 0.635. The van der Waals surface area contributed by atoms with Gasteiger partial charge in [0.05, 0.1) is 5.56 Å². The molecule has 0 aliphatic heterocycles. The van der Waals surface area contributed by atoms with Gasteiger partial charge in [-0.1, -0.05) is 51.5 Å². The highest BCUT2D eigenvalue weighted by atomic mass is 16.5. The minimum Gasteiger partial charge on any atom is -0.489 e. The van der Waals surface area contributed by atoms with E-state index in [1.807, 2.05) is 36.4 Å². The predicted octanol–water partition coefficient (Wildman–Crippen LogP) is 6.05. The first-order valence-corrected chi connectivity index (χ1v) is 9.95. The third-order valence-corrected chi connectivity index (χ3v) is 5.14. The summed E-state index contributed by atoms with van der Waals surface area (Å²) in [6.07, 6.45) is 5.64. The third kappa shape index (κ3) is 5.59. The lowest BCUT2D eigenvalue weighted by Crippen LogP contribution is -2.20. The number of esters is 1. The lowest BCUT2D eigenvalue weighted by atomic mass is 9.87. The maximum atomic E-state index is 12.3. The molecule has 144 valence electrons. The van der Waals surface area contributed by atoms with E-state index in [-0.39, 0.29) is 17.5 Å². The number of carbonyl (C=O) groups excluding carboxylic acids is 1. The monoisotopic (exact) mass is 366 g/mol. The van der Waals surface area contributed by atoms with E-state index in [4.69, 9.17) is 9.47 Å². The Morgan fingerprint density at radius 3 is 2.15 bits per heavy atom. The highest BCUT2D eigenvalue weighted by Crippen LogP contribution is 2.25. The number of carbonyl (C=O) groups is 1. The Balaban J connectivity index is 1.52. The van der Waals surface area contributed by atoms with Crippen molar-refractivity contribution in [1.82, 2.24) is 0 Å². The maximum absolute atomic E-state index is 12.3. The van der Waals surface area contributed by atoms with Crippen molar-refractivity contribution in [2.24, 2.45) is 0 Å². The van der Waals surface area contributed by atoms with Gasteiger partial charge < -0.3 is 9.47 Å². The zero-order valence-electron chi connectivity index (χ0n) is 16.7. The Bertz CT molecular complexity index is 733. The Hall–Kier alpha value is -2.29. The summed E-state index contributed by atoms with van der Waals surface area (Å²) in [4.78, 5) is 12.3. The molecule has 0 bridgehead atoms. The van der Waals surface area contributed by atoms with Crippen LogP contribution in [-0.2, 0) is 16.8 Å². The van der Waals surface area contributed by atoms with Crippen LogP contribution in [0.4, 0.5) is 0 Å². The van der Waals surface area contributed by atoms with E-state index < -0.39 is 0 Å². The third-order valence-electron chi connectivity index (χ3n) is 5.14. The van der Waals surface area contributed by atoms with Crippen molar-refractivity contribution in [2.75, 3.05) is 0 Å². The van der Waals surface area contributed by atoms with E-state index in [1.54, 1.807) is 0 Å². The van der Waals surface area contributed by atoms with Crippen molar-refractivity contribution in [1.29, 1.82) is 0 Å². The number of benzene rings is 2. The molecule has 2 aromatic rings. The van der Waals surface area contributed by atoms with Crippen molar-refractivity contribution in [3.05, 3.63) is 65.2 Å². The molecule has 3 heteroatoms. The van der Waals surface area contributed by atoms with Gasteiger partial charge in [0.25, 0.3) is 0 Å². The summed E-state index contributed by atoms with van der Waals surface area (Å²) >= 11 is 0. The van der Waals surface area contributed by atoms with Crippen LogP contribution < -0.4 is 4.74 Å². The molecule has 1 aliphatic carbocycles. The minimum atomic E-state index is -0.216. The van der Waals surface area contributed by atoms with Crippen LogP contribution in [0.1, 0.15) is 74.4 Å². The normalized spacial score (nSPS) is 15.4. The average molecular weight is 367 g/mol. The summed E-state index contributed by atoms with van der Waals surface area (Å²) in [6.45, 7) is 7.07. The second kappa shape index (κ2) is 8.60. The fourth-order valence-electron chi connectivity index (χ4n) is 3.36. The standard InChI is InChI=1S/C24H30O3/c1-24(2,3)20-13-15-21(16-14-20)26-17-18-9-11-19(12-10-18)23(25)27-22-7-5-4-6-8-22/h9-16,22H,4-8,17H2,1-3H3. The summed E-state index contributed by atoms with van der Waals surface area (Å²) < 4.78 is 11.5. The van der Waals surface area contributed by atoms with Crippen LogP contribution in [0.5, 0.6) is 5.75 Å². The molecule has 1 fully saturated rings. The van der Waals surface area contributed by atoms with Gasteiger partial charge in [0.2, 0.25) is 0 Å². The van der Waals surface area contributed by atoms with Crippen molar-refractivity contribution in [2.45, 2.75) is 71.0 Å². The smallest absolute Gasteiger partial charge is 0.338 e. The highest BCUT2D eigenvalue weighted by molar-refractivity contribution is 5.89. The van der Waals surface area contributed by atoms with E-state index in [2.05, 4.69) is 32.9 Å². The Kier molecular flexibility index (Phi) is 6.20. The van der Waals surface area contributed by atoms with Gasteiger partial charge in [-0.3, -0.25) is 0 Å². The van der Waals surface area contributed by atoms with E-state index in [9.17, 15) is 4.79 Å². The fourth-order valence-corrected chi connectivity index (χ4v) is 3.36. The molecule has 3 nitrogen and oxygen atoms in total. The number of rotatable bonds is 5.